The molecule has 0 aromatic rings. The first-order valence-electron chi connectivity index (χ1n) is 17.6. The van der Waals surface area contributed by atoms with E-state index in [1.54, 1.807) is 0 Å². The van der Waals surface area contributed by atoms with Crippen molar-refractivity contribution in [3.05, 3.63) is 11.8 Å². The molecule has 45 heavy (non-hydrogen) atoms. The molecule has 1 amide bonds. The Morgan fingerprint density at radius 2 is 1.38 bits per heavy atom. The predicted molar refractivity (Wildman–Crippen MR) is 176 cm³/mol. The van der Waals surface area contributed by atoms with Gasteiger partial charge in [0, 0.05) is 13.5 Å². The molecule has 0 aromatic heterocycles. The van der Waals surface area contributed by atoms with Crippen LogP contribution in [0.1, 0.15) is 136 Å². The topological polar surface area (TPSA) is 179 Å². The zero-order valence-electron chi connectivity index (χ0n) is 27.9. The molecule has 1 fully saturated rings. The number of nitrogens with zero attached hydrogens (tertiary/aromatic N) is 1. The molecule has 11 nitrogen and oxygen atoms in total. The number of aliphatic imine (C=N–C) groups is 1. The molecule has 0 bridgehead atoms. The summed E-state index contributed by atoms with van der Waals surface area (Å²) in [5.74, 6) is -1.45. The first-order valence-corrected chi connectivity index (χ1v) is 17.6. The molecule has 7 N–H and O–H groups in total. The number of carbonyl (C=O) groups excluding carboxylic acids is 2. The Morgan fingerprint density at radius 3 is 1.87 bits per heavy atom. The maximum absolute atomic E-state index is 12.9. The Bertz CT molecular complexity index is 896. The number of hydrogen-bond acceptors (Lipinski definition) is 8. The fourth-order valence-electron chi connectivity index (χ4n) is 6.13. The lowest BCUT2D eigenvalue weighted by Gasteiger charge is -2.43. The molecule has 2 aliphatic rings. The van der Waals surface area contributed by atoms with Gasteiger partial charge >= 0.3 is 5.97 Å². The molecule has 2 aliphatic heterocycles. The van der Waals surface area contributed by atoms with E-state index in [2.05, 4.69) is 17.2 Å². The number of esters is 1. The molecular formula is C34H62N4O7. The van der Waals surface area contributed by atoms with E-state index in [0.717, 1.165) is 19.3 Å². The quantitative estimate of drug-likeness (QED) is 0.0466. The summed E-state index contributed by atoms with van der Waals surface area (Å²) < 4.78 is 17.1. The molecule has 2 rings (SSSR count). The van der Waals surface area contributed by atoms with Crippen molar-refractivity contribution in [2.75, 3.05) is 13.2 Å². The predicted octanol–water partition coefficient (Wildman–Crippen LogP) is 4.51. The van der Waals surface area contributed by atoms with Crippen LogP contribution in [-0.2, 0) is 23.8 Å². The van der Waals surface area contributed by atoms with Gasteiger partial charge in [-0.1, -0.05) is 116 Å². The minimum absolute atomic E-state index is 0.130. The van der Waals surface area contributed by atoms with Gasteiger partial charge in [-0.15, -0.1) is 0 Å². The largest absolute Gasteiger partial charge is 0.478 e. The third kappa shape index (κ3) is 15.7. The average molecular weight is 639 g/mol. The minimum Gasteiger partial charge on any atom is -0.478 e. The number of aliphatic hydroxyl groups excluding tert-OH is 2. The highest BCUT2D eigenvalue weighted by atomic mass is 16.6. The molecule has 260 valence electrons. The molecule has 0 aromatic carbocycles. The van der Waals surface area contributed by atoms with Crippen LogP contribution in [0.25, 0.3) is 0 Å². The van der Waals surface area contributed by atoms with E-state index in [-0.39, 0.29) is 37.3 Å². The van der Waals surface area contributed by atoms with Crippen LogP contribution < -0.4 is 16.8 Å². The summed E-state index contributed by atoms with van der Waals surface area (Å²) >= 11 is 0. The van der Waals surface area contributed by atoms with Crippen LogP contribution in [0, 0.1) is 0 Å². The minimum atomic E-state index is -1.30. The number of aliphatic hydroxyl groups is 2. The standard InChI is InChI=1S/C34H62N4O7/c1-3-4-5-6-7-8-9-10-11-12-13-14-15-16-17-18-19-20-22-44-33(42)28-24-26(38-34(35)36)29(37-25(2)39)31(45-28)32-30(41)27(40)21-23-43-32/h24,26-27,29-32,40-41H,3-23H2,1-2H3,(H,37,39)(H4,35,36,38)/t26-,27+,29+,30+,31+,32+/m0/s1. The fourth-order valence-corrected chi connectivity index (χ4v) is 6.13. The van der Waals surface area contributed by atoms with E-state index in [1.165, 1.54) is 109 Å². The summed E-state index contributed by atoms with van der Waals surface area (Å²) in [4.78, 5) is 29.1. The highest BCUT2D eigenvalue weighted by Crippen LogP contribution is 2.30. The van der Waals surface area contributed by atoms with Gasteiger partial charge in [-0.2, -0.15) is 0 Å². The Labute approximate surface area is 270 Å². The molecule has 0 saturated carbocycles. The van der Waals surface area contributed by atoms with Crippen LogP contribution in [0.3, 0.4) is 0 Å². The zero-order chi connectivity index (χ0) is 32.9. The summed E-state index contributed by atoms with van der Waals surface area (Å²) in [6, 6.07) is -1.74. The number of ether oxygens (including phenoxy) is 3. The Morgan fingerprint density at radius 1 is 0.867 bits per heavy atom. The van der Waals surface area contributed by atoms with Crippen molar-refractivity contribution in [3.8, 4) is 0 Å². The molecule has 0 aliphatic carbocycles. The van der Waals surface area contributed by atoms with Crippen LogP contribution >= 0.6 is 0 Å². The maximum Gasteiger partial charge on any atom is 0.373 e. The number of guanidine groups is 1. The van der Waals surface area contributed by atoms with Crippen molar-refractivity contribution in [1.29, 1.82) is 0 Å². The summed E-state index contributed by atoms with van der Waals surface area (Å²) in [6.45, 7) is 4.00. The van der Waals surface area contributed by atoms with Gasteiger partial charge in [0.05, 0.1) is 24.8 Å². The average Bonchev–Trinajstić information content (AvgIpc) is 3.00. The van der Waals surface area contributed by atoms with Gasteiger partial charge in [0.2, 0.25) is 11.7 Å². The lowest BCUT2D eigenvalue weighted by molar-refractivity contribution is -0.186. The van der Waals surface area contributed by atoms with Gasteiger partial charge in [0.25, 0.3) is 0 Å². The number of carbonyl (C=O) groups is 2. The second-order valence-electron chi connectivity index (χ2n) is 12.7. The van der Waals surface area contributed by atoms with E-state index < -0.39 is 42.5 Å². The van der Waals surface area contributed by atoms with Crippen LogP contribution in [0.5, 0.6) is 0 Å². The second kappa shape index (κ2) is 23.0. The summed E-state index contributed by atoms with van der Waals surface area (Å²) in [5, 5.41) is 23.6. The fraction of sp³-hybridized carbons (Fsp3) is 0.853. The monoisotopic (exact) mass is 638 g/mol. The Kier molecular flexibility index (Phi) is 19.9. The zero-order valence-corrected chi connectivity index (χ0v) is 27.9. The Hall–Kier alpha value is -2.37. The number of unbranched alkanes of at least 4 members (excludes halogenated alkanes) is 17. The highest BCUT2D eigenvalue weighted by molar-refractivity contribution is 5.87. The third-order valence-electron chi connectivity index (χ3n) is 8.69. The van der Waals surface area contributed by atoms with Crippen molar-refractivity contribution in [2.45, 2.75) is 172 Å². The van der Waals surface area contributed by atoms with Crippen molar-refractivity contribution >= 4 is 17.8 Å². The lowest BCUT2D eigenvalue weighted by Crippen LogP contribution is -2.62. The first-order chi connectivity index (χ1) is 21.7. The van der Waals surface area contributed by atoms with Crippen molar-refractivity contribution in [3.63, 3.8) is 0 Å². The number of amides is 1. The molecule has 0 radical (unpaired) electrons. The van der Waals surface area contributed by atoms with Crippen LogP contribution in [-0.4, -0.2) is 77.8 Å². The van der Waals surface area contributed by atoms with E-state index >= 15 is 0 Å². The summed E-state index contributed by atoms with van der Waals surface area (Å²) in [7, 11) is 0. The van der Waals surface area contributed by atoms with Crippen molar-refractivity contribution in [1.82, 2.24) is 5.32 Å². The number of nitrogens with one attached hydrogen (secondary N) is 1. The van der Waals surface area contributed by atoms with Gasteiger partial charge in [-0.05, 0) is 18.9 Å². The molecule has 1 saturated heterocycles. The highest BCUT2D eigenvalue weighted by Gasteiger charge is 2.48. The van der Waals surface area contributed by atoms with Crippen molar-refractivity contribution in [2.24, 2.45) is 16.5 Å². The van der Waals surface area contributed by atoms with E-state index in [0.29, 0.717) is 0 Å². The van der Waals surface area contributed by atoms with Gasteiger partial charge in [-0.3, -0.25) is 4.79 Å². The summed E-state index contributed by atoms with van der Waals surface area (Å²) in [5.41, 5.74) is 11.3. The van der Waals surface area contributed by atoms with E-state index in [9.17, 15) is 19.8 Å². The molecular weight excluding hydrogens is 576 g/mol. The van der Waals surface area contributed by atoms with Crippen LogP contribution in [0.2, 0.25) is 0 Å². The van der Waals surface area contributed by atoms with E-state index in [1.807, 2.05) is 0 Å². The normalized spacial score (nSPS) is 24.8. The maximum atomic E-state index is 12.9. The smallest absolute Gasteiger partial charge is 0.373 e. The van der Waals surface area contributed by atoms with Gasteiger partial charge in [0.1, 0.15) is 12.2 Å². The summed E-state index contributed by atoms with van der Waals surface area (Å²) in [6.07, 6.45) is 20.3. The lowest BCUT2D eigenvalue weighted by atomic mass is 9.88. The van der Waals surface area contributed by atoms with Crippen LogP contribution in [0.15, 0.2) is 16.8 Å². The number of nitrogens with two attached hydrogens (primary N) is 2. The Balaban J connectivity index is 1.66. The number of hydrogen-bond donors (Lipinski definition) is 5. The molecule has 0 unspecified atom stereocenters. The molecule has 6 atom stereocenters. The van der Waals surface area contributed by atoms with Crippen molar-refractivity contribution < 1.29 is 34.0 Å². The number of rotatable bonds is 23. The van der Waals surface area contributed by atoms with E-state index in [4.69, 9.17) is 25.7 Å². The van der Waals surface area contributed by atoms with Gasteiger partial charge in [0.15, 0.2) is 12.1 Å². The SMILES string of the molecule is CCCCCCCCCCCCCCCCCCCCOC(=O)C1=C[C@H](N=C(N)N)[C@@H](NC(C)=O)[C@H]([C@@H]2OCC[C@@H](O)[C@H]2O)O1. The molecule has 0 spiro atoms. The van der Waals surface area contributed by atoms with Gasteiger partial charge in [-0.25, -0.2) is 9.79 Å². The van der Waals surface area contributed by atoms with Gasteiger partial charge < -0.3 is 41.2 Å². The third-order valence-corrected chi connectivity index (χ3v) is 8.69. The molecule has 2 heterocycles. The second-order valence-corrected chi connectivity index (χ2v) is 12.7. The van der Waals surface area contributed by atoms with Crippen LogP contribution in [0.4, 0.5) is 0 Å². The molecule has 11 heteroatoms. The first kappa shape index (κ1) is 38.8.